The lowest BCUT2D eigenvalue weighted by Crippen LogP contribution is -2.06. The van der Waals surface area contributed by atoms with Crippen LogP contribution in [0.2, 0.25) is 0 Å². The van der Waals surface area contributed by atoms with Gasteiger partial charge in [0.25, 0.3) is 0 Å². The highest BCUT2D eigenvalue weighted by Crippen LogP contribution is 2.45. The topological polar surface area (TPSA) is 94.5 Å². The van der Waals surface area contributed by atoms with Crippen LogP contribution in [-0.4, -0.2) is 44.6 Å². The first-order chi connectivity index (χ1) is 12.0. The summed E-state index contributed by atoms with van der Waals surface area (Å²) in [7, 11) is 5.81. The van der Waals surface area contributed by atoms with Crippen LogP contribution >= 0.6 is 0 Å². The summed E-state index contributed by atoms with van der Waals surface area (Å²) in [6, 6.07) is 6.20. The minimum atomic E-state index is -1.16. The van der Waals surface area contributed by atoms with Gasteiger partial charge in [-0.25, -0.2) is 4.79 Å². The molecule has 134 valence electrons. The van der Waals surface area contributed by atoms with E-state index < -0.39 is 5.97 Å². The number of ether oxygens (including phenoxy) is 4. The molecule has 0 radical (unpaired) electrons. The fourth-order valence-corrected chi connectivity index (χ4v) is 2.63. The highest BCUT2D eigenvalue weighted by molar-refractivity contribution is 6.00. The number of rotatable bonds is 7. The Balaban J connectivity index is 2.92. The number of carbonyl (C=O) groups is 1. The minimum Gasteiger partial charge on any atom is -0.497 e. The standard InChI is InChI=1S/C18H20O7/c1-22-11-5-10(9-19)16(14(7-11)24-3)17-13(18(20)21)6-12(23-2)8-15(17)25-4/h5-8,19H,9H2,1-4H3,(H,20,21). The van der Waals surface area contributed by atoms with Gasteiger partial charge in [0.2, 0.25) is 0 Å². The number of aliphatic hydroxyl groups excluding tert-OH is 1. The molecule has 0 unspecified atom stereocenters. The minimum absolute atomic E-state index is 0.0330. The van der Waals surface area contributed by atoms with Crippen molar-refractivity contribution in [3.63, 3.8) is 0 Å². The van der Waals surface area contributed by atoms with Gasteiger partial charge in [-0.05, 0) is 17.7 Å². The zero-order valence-corrected chi connectivity index (χ0v) is 14.5. The summed E-state index contributed by atoms with van der Waals surface area (Å²) in [5, 5.41) is 19.4. The lowest BCUT2D eigenvalue weighted by molar-refractivity contribution is 0.0697. The van der Waals surface area contributed by atoms with Gasteiger partial charge in [-0.3, -0.25) is 0 Å². The number of carboxylic acid groups (broad SMARTS) is 1. The van der Waals surface area contributed by atoms with E-state index in [4.69, 9.17) is 18.9 Å². The summed E-state index contributed by atoms with van der Waals surface area (Å²) in [6.45, 7) is -0.336. The predicted molar refractivity (Wildman–Crippen MR) is 91.0 cm³/mol. The van der Waals surface area contributed by atoms with Crippen molar-refractivity contribution in [1.29, 1.82) is 0 Å². The Morgan fingerprint density at radius 3 is 1.80 bits per heavy atom. The van der Waals surface area contributed by atoms with Crippen LogP contribution in [0.1, 0.15) is 15.9 Å². The van der Waals surface area contributed by atoms with E-state index in [-0.39, 0.29) is 17.9 Å². The van der Waals surface area contributed by atoms with E-state index in [9.17, 15) is 15.0 Å². The molecule has 0 fully saturated rings. The van der Waals surface area contributed by atoms with Gasteiger partial charge in [-0.1, -0.05) is 0 Å². The zero-order chi connectivity index (χ0) is 18.6. The second-order valence-corrected chi connectivity index (χ2v) is 5.08. The SMILES string of the molecule is COc1cc(CO)c(-c2c(OC)cc(OC)cc2C(=O)O)c(OC)c1. The first kappa shape index (κ1) is 18.4. The van der Waals surface area contributed by atoms with Crippen LogP contribution in [0.15, 0.2) is 24.3 Å². The molecule has 2 N–H and O–H groups in total. The lowest BCUT2D eigenvalue weighted by Gasteiger charge is -2.19. The summed E-state index contributed by atoms with van der Waals surface area (Å²) < 4.78 is 21.1. The molecule has 2 rings (SSSR count). The van der Waals surface area contributed by atoms with Gasteiger partial charge in [-0.2, -0.15) is 0 Å². The third-order valence-corrected chi connectivity index (χ3v) is 3.80. The van der Waals surface area contributed by atoms with E-state index in [0.29, 0.717) is 33.9 Å². The predicted octanol–water partition coefficient (Wildman–Crippen LogP) is 2.58. The lowest BCUT2D eigenvalue weighted by atomic mass is 9.93. The van der Waals surface area contributed by atoms with Crippen molar-refractivity contribution in [2.24, 2.45) is 0 Å². The van der Waals surface area contributed by atoms with Gasteiger partial charge in [0.1, 0.15) is 23.0 Å². The number of hydrogen-bond donors (Lipinski definition) is 2. The largest absolute Gasteiger partial charge is 0.497 e. The molecule has 7 heteroatoms. The molecule has 2 aromatic rings. The van der Waals surface area contributed by atoms with Gasteiger partial charge in [-0.15, -0.1) is 0 Å². The molecule has 0 aliphatic rings. The molecule has 0 bridgehead atoms. The number of carboxylic acids is 1. The monoisotopic (exact) mass is 348 g/mol. The van der Waals surface area contributed by atoms with Gasteiger partial charge >= 0.3 is 5.97 Å². The number of aromatic carboxylic acids is 1. The van der Waals surface area contributed by atoms with Crippen LogP contribution in [0.3, 0.4) is 0 Å². The Kier molecular flexibility index (Phi) is 5.71. The summed E-state index contributed by atoms with van der Waals surface area (Å²) in [6.07, 6.45) is 0. The summed E-state index contributed by atoms with van der Waals surface area (Å²) in [5.74, 6) is 0.309. The zero-order valence-electron chi connectivity index (χ0n) is 14.5. The maximum atomic E-state index is 11.8. The molecule has 2 aromatic carbocycles. The smallest absolute Gasteiger partial charge is 0.336 e. The van der Waals surface area contributed by atoms with E-state index in [1.807, 2.05) is 0 Å². The summed E-state index contributed by atoms with van der Waals surface area (Å²) in [5.41, 5.74) is 1.12. The van der Waals surface area contributed by atoms with Crippen LogP contribution in [0.5, 0.6) is 23.0 Å². The Labute approximate surface area is 145 Å². The van der Waals surface area contributed by atoms with Crippen LogP contribution in [-0.2, 0) is 6.61 Å². The third-order valence-electron chi connectivity index (χ3n) is 3.80. The summed E-state index contributed by atoms with van der Waals surface area (Å²) in [4.78, 5) is 11.8. The fourth-order valence-electron chi connectivity index (χ4n) is 2.63. The van der Waals surface area contributed by atoms with Crippen LogP contribution < -0.4 is 18.9 Å². The van der Waals surface area contributed by atoms with Gasteiger partial charge in [0, 0.05) is 23.3 Å². The average molecular weight is 348 g/mol. The van der Waals surface area contributed by atoms with Crippen molar-refractivity contribution in [3.8, 4) is 34.1 Å². The fraction of sp³-hybridized carbons (Fsp3) is 0.278. The Bertz CT molecular complexity index is 758. The Morgan fingerprint density at radius 2 is 1.36 bits per heavy atom. The van der Waals surface area contributed by atoms with Gasteiger partial charge in [0.05, 0.1) is 40.6 Å². The molecule has 0 spiro atoms. The van der Waals surface area contributed by atoms with Crippen LogP contribution in [0, 0.1) is 0 Å². The second-order valence-electron chi connectivity index (χ2n) is 5.08. The van der Waals surface area contributed by atoms with Crippen molar-refractivity contribution in [3.05, 3.63) is 35.4 Å². The molecule has 0 atom stereocenters. The first-order valence-corrected chi connectivity index (χ1v) is 7.36. The quantitative estimate of drug-likeness (QED) is 0.794. The van der Waals surface area contributed by atoms with E-state index in [1.54, 1.807) is 18.2 Å². The molecule has 7 nitrogen and oxygen atoms in total. The van der Waals surface area contributed by atoms with Crippen molar-refractivity contribution < 1.29 is 34.0 Å². The molecule has 0 aliphatic heterocycles. The molecule has 0 aromatic heterocycles. The van der Waals surface area contributed by atoms with Crippen molar-refractivity contribution in [1.82, 2.24) is 0 Å². The van der Waals surface area contributed by atoms with Gasteiger partial charge < -0.3 is 29.2 Å². The maximum absolute atomic E-state index is 11.8. The van der Waals surface area contributed by atoms with E-state index >= 15 is 0 Å². The maximum Gasteiger partial charge on any atom is 0.336 e. The number of aliphatic hydroxyl groups is 1. The molecular weight excluding hydrogens is 328 g/mol. The second kappa shape index (κ2) is 7.76. The van der Waals surface area contributed by atoms with Crippen molar-refractivity contribution in [2.45, 2.75) is 6.61 Å². The number of methoxy groups -OCH3 is 4. The average Bonchev–Trinajstić information content (AvgIpc) is 2.65. The van der Waals surface area contributed by atoms with E-state index in [1.165, 1.54) is 34.5 Å². The Morgan fingerprint density at radius 1 is 0.840 bits per heavy atom. The Hall–Kier alpha value is -2.93. The molecule has 0 heterocycles. The highest BCUT2D eigenvalue weighted by Gasteiger charge is 2.25. The van der Waals surface area contributed by atoms with Crippen molar-refractivity contribution in [2.75, 3.05) is 28.4 Å². The molecule has 0 aliphatic carbocycles. The third kappa shape index (κ3) is 3.46. The van der Waals surface area contributed by atoms with E-state index in [2.05, 4.69) is 0 Å². The van der Waals surface area contributed by atoms with Gasteiger partial charge in [0.15, 0.2) is 0 Å². The normalized spacial score (nSPS) is 10.3. The molecule has 0 saturated heterocycles. The molecule has 25 heavy (non-hydrogen) atoms. The first-order valence-electron chi connectivity index (χ1n) is 7.36. The molecule has 0 amide bonds. The van der Waals surface area contributed by atoms with Crippen LogP contribution in [0.25, 0.3) is 11.1 Å². The van der Waals surface area contributed by atoms with Crippen molar-refractivity contribution >= 4 is 5.97 Å². The molecule has 0 saturated carbocycles. The number of hydrogen-bond acceptors (Lipinski definition) is 6. The highest BCUT2D eigenvalue weighted by atomic mass is 16.5. The number of benzene rings is 2. The molecular formula is C18H20O7. The summed E-state index contributed by atoms with van der Waals surface area (Å²) >= 11 is 0. The van der Waals surface area contributed by atoms with Crippen LogP contribution in [0.4, 0.5) is 0 Å². The van der Waals surface area contributed by atoms with E-state index in [0.717, 1.165) is 0 Å².